The van der Waals surface area contributed by atoms with Crippen molar-refractivity contribution in [3.63, 3.8) is 0 Å². The summed E-state index contributed by atoms with van der Waals surface area (Å²) in [5.41, 5.74) is 0.732. The molecule has 0 aromatic heterocycles. The molecule has 188 valence electrons. The molecular weight excluding hydrogens is 453 g/mol. The zero-order valence-electron chi connectivity index (χ0n) is 20.7. The van der Waals surface area contributed by atoms with E-state index in [1.165, 1.54) is 30.0 Å². The van der Waals surface area contributed by atoms with Crippen molar-refractivity contribution in [2.45, 2.75) is 32.9 Å². The Hall–Kier alpha value is -3.46. The van der Waals surface area contributed by atoms with Gasteiger partial charge in [-0.1, -0.05) is 19.1 Å². The number of anilines is 1. The van der Waals surface area contributed by atoms with E-state index in [0.717, 1.165) is 0 Å². The number of nitrogens with zero attached hydrogens (tertiary/aromatic N) is 2. The number of carbonyl (C=O) groups is 3. The minimum absolute atomic E-state index is 0.0137. The molecular formula is C26H32FN3O5. The highest BCUT2D eigenvalue weighted by atomic mass is 19.1. The van der Waals surface area contributed by atoms with Crippen molar-refractivity contribution in [2.75, 3.05) is 39.2 Å². The monoisotopic (exact) mass is 485 g/mol. The quantitative estimate of drug-likeness (QED) is 0.720. The molecule has 2 aromatic carbocycles. The van der Waals surface area contributed by atoms with Gasteiger partial charge in [0.25, 0.3) is 11.8 Å². The first-order chi connectivity index (χ1) is 16.6. The summed E-state index contributed by atoms with van der Waals surface area (Å²) in [4.78, 5) is 41.3. The molecule has 3 amide bonds. The number of hydrogen-bond donors (Lipinski definition) is 1. The van der Waals surface area contributed by atoms with Crippen LogP contribution in [0.3, 0.4) is 0 Å². The van der Waals surface area contributed by atoms with Crippen LogP contribution in [-0.2, 0) is 9.53 Å². The van der Waals surface area contributed by atoms with Crippen LogP contribution in [0.15, 0.2) is 42.5 Å². The summed E-state index contributed by atoms with van der Waals surface area (Å²) >= 11 is 0. The number of ether oxygens (including phenoxy) is 2. The second kappa shape index (κ2) is 11.3. The minimum atomic E-state index is -0.589. The molecule has 2 aromatic rings. The number of rotatable bonds is 3. The van der Waals surface area contributed by atoms with Gasteiger partial charge in [0.05, 0.1) is 23.3 Å². The van der Waals surface area contributed by atoms with Crippen LogP contribution in [0.25, 0.3) is 0 Å². The number of likely N-dealkylation sites (N-methyl/N-ethyl adjacent to an activating group) is 1. The van der Waals surface area contributed by atoms with Crippen molar-refractivity contribution in [3.05, 3.63) is 59.4 Å². The lowest BCUT2D eigenvalue weighted by Crippen LogP contribution is -2.48. The van der Waals surface area contributed by atoms with Gasteiger partial charge < -0.3 is 24.6 Å². The first-order valence-corrected chi connectivity index (χ1v) is 11.5. The van der Waals surface area contributed by atoms with Crippen LogP contribution in [0, 0.1) is 11.7 Å². The first kappa shape index (κ1) is 26.2. The molecule has 8 nitrogen and oxygen atoms in total. The number of methoxy groups -OCH3 is 1. The van der Waals surface area contributed by atoms with Crippen molar-refractivity contribution in [2.24, 2.45) is 5.92 Å². The average molecular weight is 486 g/mol. The Morgan fingerprint density at radius 3 is 2.51 bits per heavy atom. The molecule has 0 saturated heterocycles. The summed E-state index contributed by atoms with van der Waals surface area (Å²) in [7, 11) is 3.22. The number of hydrogen-bond acceptors (Lipinski definition) is 5. The van der Waals surface area contributed by atoms with E-state index in [9.17, 15) is 18.8 Å². The summed E-state index contributed by atoms with van der Waals surface area (Å²) in [6, 6.07) is 10.3. The predicted octanol–water partition coefficient (Wildman–Crippen LogP) is 3.43. The van der Waals surface area contributed by atoms with Gasteiger partial charge in [0, 0.05) is 45.8 Å². The van der Waals surface area contributed by atoms with E-state index in [2.05, 4.69) is 5.32 Å². The second-order valence-corrected chi connectivity index (χ2v) is 8.93. The van der Waals surface area contributed by atoms with Crippen LogP contribution in [0.1, 0.15) is 41.5 Å². The van der Waals surface area contributed by atoms with Crippen LogP contribution in [0.2, 0.25) is 0 Å². The van der Waals surface area contributed by atoms with Gasteiger partial charge in [-0.05, 0) is 37.3 Å². The molecule has 0 spiro atoms. The van der Waals surface area contributed by atoms with Gasteiger partial charge in [-0.15, -0.1) is 0 Å². The van der Waals surface area contributed by atoms with Crippen molar-refractivity contribution < 1.29 is 28.2 Å². The molecule has 0 radical (unpaired) electrons. The minimum Gasteiger partial charge on any atom is -0.491 e. The third-order valence-corrected chi connectivity index (χ3v) is 6.13. The largest absolute Gasteiger partial charge is 0.491 e. The van der Waals surface area contributed by atoms with Crippen molar-refractivity contribution in [1.29, 1.82) is 0 Å². The normalized spacial score (nSPS) is 21.3. The van der Waals surface area contributed by atoms with Gasteiger partial charge in [-0.25, -0.2) is 4.39 Å². The first-order valence-electron chi connectivity index (χ1n) is 11.5. The lowest BCUT2D eigenvalue weighted by atomic mass is 10.0. The van der Waals surface area contributed by atoms with E-state index < -0.39 is 17.8 Å². The maximum absolute atomic E-state index is 14.4. The average Bonchev–Trinajstić information content (AvgIpc) is 2.82. The van der Waals surface area contributed by atoms with E-state index in [0.29, 0.717) is 11.4 Å². The molecule has 0 fully saturated rings. The molecule has 0 unspecified atom stereocenters. The Bertz CT molecular complexity index is 1090. The van der Waals surface area contributed by atoms with Gasteiger partial charge >= 0.3 is 0 Å². The van der Waals surface area contributed by atoms with Crippen LogP contribution in [-0.4, -0.2) is 73.5 Å². The maximum atomic E-state index is 14.4. The number of benzene rings is 2. The van der Waals surface area contributed by atoms with E-state index in [1.807, 2.05) is 13.8 Å². The molecule has 1 aliphatic heterocycles. The van der Waals surface area contributed by atoms with E-state index in [-0.39, 0.29) is 54.7 Å². The molecule has 1 aliphatic rings. The number of amides is 3. The lowest BCUT2D eigenvalue weighted by Gasteiger charge is -2.36. The van der Waals surface area contributed by atoms with Crippen LogP contribution >= 0.6 is 0 Å². The standard InChI is InChI=1S/C26H32FN3O5/c1-16-13-30(26(33)20-8-6-7-9-22(20)27)17(2)15-35-23-11-10-19(28-18(3)31)12-21(23)25(32)29(4)14-24(16)34-5/h6-12,16-17,24H,13-15H2,1-5H3,(H,28,31)/t16-,17-,24+/m1/s1. The maximum Gasteiger partial charge on any atom is 0.257 e. The van der Waals surface area contributed by atoms with Gasteiger partial charge in [0.2, 0.25) is 5.91 Å². The third-order valence-electron chi connectivity index (χ3n) is 6.13. The van der Waals surface area contributed by atoms with Gasteiger partial charge in [0.15, 0.2) is 0 Å². The molecule has 9 heteroatoms. The highest BCUT2D eigenvalue weighted by molar-refractivity contribution is 5.99. The Morgan fingerprint density at radius 2 is 1.86 bits per heavy atom. The highest BCUT2D eigenvalue weighted by Crippen LogP contribution is 2.27. The number of nitrogens with one attached hydrogen (secondary N) is 1. The summed E-state index contributed by atoms with van der Waals surface area (Å²) in [5, 5.41) is 2.68. The molecule has 3 rings (SSSR count). The molecule has 0 aliphatic carbocycles. The smallest absolute Gasteiger partial charge is 0.257 e. The fourth-order valence-electron chi connectivity index (χ4n) is 4.13. The number of carbonyl (C=O) groups excluding carboxylic acids is 3. The summed E-state index contributed by atoms with van der Waals surface area (Å²) in [5.74, 6) is -1.42. The Kier molecular flexibility index (Phi) is 8.45. The molecule has 0 bridgehead atoms. The van der Waals surface area contributed by atoms with Gasteiger partial charge in [0.1, 0.15) is 18.2 Å². The fourth-order valence-corrected chi connectivity index (χ4v) is 4.13. The number of halogens is 1. The van der Waals surface area contributed by atoms with E-state index in [4.69, 9.17) is 9.47 Å². The molecule has 1 N–H and O–H groups in total. The van der Waals surface area contributed by atoms with Crippen LogP contribution in [0.4, 0.5) is 10.1 Å². The fraction of sp³-hybridized carbons (Fsp3) is 0.423. The summed E-state index contributed by atoms with van der Waals surface area (Å²) in [6.45, 7) is 5.75. The highest BCUT2D eigenvalue weighted by Gasteiger charge is 2.31. The predicted molar refractivity (Wildman–Crippen MR) is 130 cm³/mol. The molecule has 0 saturated carbocycles. The SMILES string of the molecule is CO[C@H]1CN(C)C(=O)c2cc(NC(C)=O)ccc2OC[C@@H](C)N(C(=O)c2ccccc2F)C[C@H]1C. The lowest BCUT2D eigenvalue weighted by molar-refractivity contribution is -0.114. The van der Waals surface area contributed by atoms with Crippen molar-refractivity contribution in [1.82, 2.24) is 9.80 Å². The topological polar surface area (TPSA) is 88.2 Å². The van der Waals surface area contributed by atoms with Crippen LogP contribution < -0.4 is 10.1 Å². The Labute approximate surface area is 205 Å². The van der Waals surface area contributed by atoms with Crippen molar-refractivity contribution in [3.8, 4) is 5.75 Å². The van der Waals surface area contributed by atoms with Gasteiger partial charge in [-0.2, -0.15) is 0 Å². The van der Waals surface area contributed by atoms with Gasteiger partial charge in [-0.3, -0.25) is 14.4 Å². The van der Waals surface area contributed by atoms with E-state index >= 15 is 0 Å². The summed E-state index contributed by atoms with van der Waals surface area (Å²) in [6.07, 6.45) is -0.380. The zero-order chi connectivity index (χ0) is 25.7. The summed E-state index contributed by atoms with van der Waals surface area (Å²) < 4.78 is 26.1. The second-order valence-electron chi connectivity index (χ2n) is 8.93. The van der Waals surface area contributed by atoms with E-state index in [1.54, 1.807) is 43.3 Å². The van der Waals surface area contributed by atoms with Crippen molar-refractivity contribution >= 4 is 23.4 Å². The Morgan fingerprint density at radius 1 is 1.14 bits per heavy atom. The number of fused-ring (bicyclic) bond motifs is 1. The molecule has 35 heavy (non-hydrogen) atoms. The Balaban J connectivity index is 2.01. The van der Waals surface area contributed by atoms with Crippen LogP contribution in [0.5, 0.6) is 5.75 Å². The molecule has 3 atom stereocenters. The molecule has 1 heterocycles. The third kappa shape index (κ3) is 6.16. The zero-order valence-corrected chi connectivity index (χ0v) is 20.7.